The molecular weight excluding hydrogens is 345 g/mol. The molecule has 2 bridgehead atoms. The van der Waals surface area contributed by atoms with Gasteiger partial charge in [0.2, 0.25) is 0 Å². The Balaban J connectivity index is 1.54. The Hall–Kier alpha value is -1.95. The zero-order valence-corrected chi connectivity index (χ0v) is 15.6. The minimum Gasteiger partial charge on any atom is -0.496 e. The van der Waals surface area contributed by atoms with E-state index in [1.54, 1.807) is 25.3 Å². The number of fused-ring (bicyclic) bond motifs is 2. The number of rotatable bonds is 5. The maximum atomic E-state index is 14.3. The minimum atomic E-state index is -1.09. The van der Waals surface area contributed by atoms with E-state index in [1.165, 1.54) is 6.07 Å². The molecule has 0 amide bonds. The largest absolute Gasteiger partial charge is 0.496 e. The first-order valence-electron chi connectivity index (χ1n) is 9.54. The van der Waals surface area contributed by atoms with Crippen LogP contribution in [-0.2, 0) is 18.8 Å². The van der Waals surface area contributed by atoms with Gasteiger partial charge in [0, 0.05) is 29.8 Å². The molecule has 2 atom stereocenters. The van der Waals surface area contributed by atoms with Crippen molar-refractivity contribution in [2.24, 2.45) is 0 Å². The van der Waals surface area contributed by atoms with E-state index in [0.29, 0.717) is 24.2 Å². The number of ether oxygens (including phenoxy) is 1. The lowest BCUT2D eigenvalue weighted by molar-refractivity contribution is -0.0615. The molecule has 2 fully saturated rings. The number of methoxy groups -OCH3 is 1. The Morgan fingerprint density at radius 2 is 1.85 bits per heavy atom. The third-order valence-corrected chi connectivity index (χ3v) is 6.17. The molecule has 2 aromatic rings. The van der Waals surface area contributed by atoms with E-state index in [9.17, 15) is 14.6 Å². The van der Waals surface area contributed by atoms with Gasteiger partial charge in [-0.3, -0.25) is 4.90 Å². The number of benzene rings is 2. The van der Waals surface area contributed by atoms with Crippen LogP contribution in [0, 0.1) is 5.82 Å². The maximum absolute atomic E-state index is 14.3. The van der Waals surface area contributed by atoms with Crippen LogP contribution in [0.1, 0.15) is 42.4 Å². The second-order valence-electron chi connectivity index (χ2n) is 7.78. The Bertz CT molecular complexity index is 811. The van der Waals surface area contributed by atoms with E-state index in [0.717, 1.165) is 30.5 Å². The lowest BCUT2D eigenvalue weighted by Crippen LogP contribution is -2.49. The van der Waals surface area contributed by atoms with Gasteiger partial charge in [-0.2, -0.15) is 0 Å². The molecular formula is C22H26FNO3. The minimum absolute atomic E-state index is 0.0586. The predicted octanol–water partition coefficient (Wildman–Crippen LogP) is 3.34. The predicted molar refractivity (Wildman–Crippen MR) is 101 cm³/mol. The van der Waals surface area contributed by atoms with Crippen molar-refractivity contribution in [2.45, 2.75) is 56.5 Å². The van der Waals surface area contributed by atoms with Gasteiger partial charge in [-0.05, 0) is 49.4 Å². The molecule has 2 N–H and O–H groups in total. The monoisotopic (exact) mass is 371 g/mol. The topological polar surface area (TPSA) is 52.9 Å². The number of aliphatic hydroxyl groups is 2. The first-order chi connectivity index (χ1) is 13.0. The van der Waals surface area contributed by atoms with Crippen molar-refractivity contribution < 1.29 is 19.3 Å². The average Bonchev–Trinajstić information content (AvgIpc) is 2.92. The van der Waals surface area contributed by atoms with Gasteiger partial charge in [-0.1, -0.05) is 24.3 Å². The molecule has 4 rings (SSSR count). The zero-order valence-electron chi connectivity index (χ0n) is 15.6. The van der Waals surface area contributed by atoms with Crippen LogP contribution < -0.4 is 4.74 Å². The fraction of sp³-hybridized carbons (Fsp3) is 0.455. The van der Waals surface area contributed by atoms with Gasteiger partial charge in [0.1, 0.15) is 11.6 Å². The molecule has 0 saturated carbocycles. The number of piperidine rings is 1. The number of hydrogen-bond donors (Lipinski definition) is 2. The summed E-state index contributed by atoms with van der Waals surface area (Å²) in [5.41, 5.74) is 1.23. The van der Waals surface area contributed by atoms with Crippen LogP contribution in [0.15, 0.2) is 42.5 Å². The van der Waals surface area contributed by atoms with E-state index in [4.69, 9.17) is 4.74 Å². The van der Waals surface area contributed by atoms with E-state index in [1.807, 2.05) is 18.2 Å². The van der Waals surface area contributed by atoms with Crippen molar-refractivity contribution in [3.8, 4) is 5.75 Å². The molecule has 2 saturated heterocycles. The molecule has 4 nitrogen and oxygen atoms in total. The van der Waals surface area contributed by atoms with Gasteiger partial charge in [-0.25, -0.2) is 4.39 Å². The van der Waals surface area contributed by atoms with Gasteiger partial charge in [0.05, 0.1) is 19.3 Å². The molecule has 0 aliphatic carbocycles. The number of nitrogens with zero attached hydrogens (tertiary/aromatic N) is 1. The summed E-state index contributed by atoms with van der Waals surface area (Å²) in [5, 5.41) is 20.8. The molecule has 27 heavy (non-hydrogen) atoms. The molecule has 2 aliphatic rings. The number of aliphatic hydroxyl groups excluding tert-OH is 1. The van der Waals surface area contributed by atoms with E-state index in [2.05, 4.69) is 4.90 Å². The molecule has 2 aromatic carbocycles. The second-order valence-corrected chi connectivity index (χ2v) is 7.78. The lowest BCUT2D eigenvalue weighted by Gasteiger charge is -2.44. The summed E-state index contributed by atoms with van der Waals surface area (Å²) in [6.45, 7) is 0.705. The molecule has 144 valence electrons. The van der Waals surface area contributed by atoms with Crippen LogP contribution in [0.5, 0.6) is 5.75 Å². The van der Waals surface area contributed by atoms with Crippen LogP contribution in [0.3, 0.4) is 0 Å². The van der Waals surface area contributed by atoms with Crippen LogP contribution in [0.4, 0.5) is 4.39 Å². The molecule has 0 radical (unpaired) electrons. The molecule has 0 spiro atoms. The summed E-state index contributed by atoms with van der Waals surface area (Å²) in [4.78, 5) is 2.43. The van der Waals surface area contributed by atoms with E-state index in [-0.39, 0.29) is 24.5 Å². The number of hydrogen-bond acceptors (Lipinski definition) is 4. The molecule has 0 aromatic heterocycles. The number of halogens is 1. The van der Waals surface area contributed by atoms with Crippen LogP contribution >= 0.6 is 0 Å². The lowest BCUT2D eigenvalue weighted by atomic mass is 9.80. The highest BCUT2D eigenvalue weighted by Crippen LogP contribution is 2.46. The summed E-state index contributed by atoms with van der Waals surface area (Å²) in [6, 6.07) is 12.9. The van der Waals surface area contributed by atoms with Crippen LogP contribution in [0.25, 0.3) is 0 Å². The highest BCUT2D eigenvalue weighted by Gasteiger charge is 2.48. The summed E-state index contributed by atoms with van der Waals surface area (Å²) < 4.78 is 19.6. The van der Waals surface area contributed by atoms with Crippen molar-refractivity contribution in [1.82, 2.24) is 4.90 Å². The SMILES string of the molecule is COc1ccc(CN2[C@@H]3CC[C@@H]2CC(O)(c2ccccc2F)C3)cc1CO. The average molecular weight is 371 g/mol. The van der Waals surface area contributed by atoms with Crippen LogP contribution in [-0.4, -0.2) is 34.3 Å². The summed E-state index contributed by atoms with van der Waals surface area (Å²) in [5.74, 6) is 0.368. The summed E-state index contributed by atoms with van der Waals surface area (Å²) in [6.07, 6.45) is 3.13. The Morgan fingerprint density at radius 1 is 1.15 bits per heavy atom. The Kier molecular flexibility index (Phi) is 4.93. The van der Waals surface area contributed by atoms with Gasteiger partial charge < -0.3 is 14.9 Å². The van der Waals surface area contributed by atoms with Crippen molar-refractivity contribution in [1.29, 1.82) is 0 Å². The van der Waals surface area contributed by atoms with Crippen molar-refractivity contribution in [3.63, 3.8) is 0 Å². The van der Waals surface area contributed by atoms with Gasteiger partial charge in [0.25, 0.3) is 0 Å². The Labute approximate surface area is 159 Å². The highest BCUT2D eigenvalue weighted by molar-refractivity contribution is 5.37. The van der Waals surface area contributed by atoms with Gasteiger partial charge >= 0.3 is 0 Å². The first-order valence-corrected chi connectivity index (χ1v) is 9.54. The zero-order chi connectivity index (χ0) is 19.0. The second kappa shape index (κ2) is 7.23. The quantitative estimate of drug-likeness (QED) is 0.846. The Morgan fingerprint density at radius 3 is 2.48 bits per heavy atom. The van der Waals surface area contributed by atoms with Crippen molar-refractivity contribution in [3.05, 3.63) is 65.0 Å². The van der Waals surface area contributed by atoms with E-state index < -0.39 is 5.60 Å². The standard InChI is InChI=1S/C22H26FNO3/c1-27-21-9-6-15(10-16(21)14-25)13-24-17-7-8-18(24)12-22(26,11-17)19-4-2-3-5-20(19)23/h2-6,9-10,17-18,25-26H,7-8,11-14H2,1H3/t17-,18-/m1/s1. The van der Waals surface area contributed by atoms with Crippen LogP contribution in [0.2, 0.25) is 0 Å². The molecule has 2 heterocycles. The summed E-state index contributed by atoms with van der Waals surface area (Å²) >= 11 is 0. The maximum Gasteiger partial charge on any atom is 0.129 e. The fourth-order valence-corrected chi connectivity index (χ4v) is 4.90. The van der Waals surface area contributed by atoms with Gasteiger partial charge in [-0.15, -0.1) is 0 Å². The molecule has 2 aliphatic heterocycles. The molecule has 5 heteroatoms. The highest BCUT2D eigenvalue weighted by atomic mass is 19.1. The van der Waals surface area contributed by atoms with Crippen molar-refractivity contribution in [2.75, 3.05) is 7.11 Å². The summed E-state index contributed by atoms with van der Waals surface area (Å²) in [7, 11) is 1.60. The first kappa shape index (κ1) is 18.4. The third-order valence-electron chi connectivity index (χ3n) is 6.17. The van der Waals surface area contributed by atoms with E-state index >= 15 is 0 Å². The van der Waals surface area contributed by atoms with Gasteiger partial charge in [0.15, 0.2) is 0 Å². The molecule has 0 unspecified atom stereocenters. The smallest absolute Gasteiger partial charge is 0.129 e. The fourth-order valence-electron chi connectivity index (χ4n) is 4.90. The normalized spacial score (nSPS) is 27.7. The van der Waals surface area contributed by atoms with Crippen molar-refractivity contribution >= 4 is 0 Å². The third kappa shape index (κ3) is 3.35.